The van der Waals surface area contributed by atoms with Crippen molar-refractivity contribution in [2.24, 2.45) is 0 Å². The van der Waals surface area contributed by atoms with Gasteiger partial charge in [-0.25, -0.2) is 0 Å². The van der Waals surface area contributed by atoms with Gasteiger partial charge in [0.15, 0.2) is 0 Å². The standard InChI is InChI=1S/C14H26N2O3/c1-4-18-13(17)14(3,15-12-5-6-12)10-16-7-8-19-11(2)9-16/h11-12,15H,4-10H2,1-3H3. The van der Waals surface area contributed by atoms with Gasteiger partial charge in [0.1, 0.15) is 5.54 Å². The van der Waals surface area contributed by atoms with Crippen LogP contribution in [0.1, 0.15) is 33.6 Å². The van der Waals surface area contributed by atoms with Crippen LogP contribution in [0.5, 0.6) is 0 Å². The zero-order chi connectivity index (χ0) is 13.9. The molecule has 1 heterocycles. The molecule has 19 heavy (non-hydrogen) atoms. The van der Waals surface area contributed by atoms with Crippen LogP contribution in [0, 0.1) is 0 Å². The molecule has 0 amide bonds. The van der Waals surface area contributed by atoms with Gasteiger partial charge >= 0.3 is 5.97 Å². The Morgan fingerprint density at radius 3 is 2.84 bits per heavy atom. The van der Waals surface area contributed by atoms with Gasteiger partial charge in [-0.05, 0) is 33.6 Å². The highest BCUT2D eigenvalue weighted by Gasteiger charge is 2.41. The van der Waals surface area contributed by atoms with Gasteiger partial charge in [-0.3, -0.25) is 15.0 Å². The van der Waals surface area contributed by atoms with Crippen LogP contribution in [0.2, 0.25) is 0 Å². The van der Waals surface area contributed by atoms with Crippen molar-refractivity contribution in [1.82, 2.24) is 10.2 Å². The number of carbonyl (C=O) groups is 1. The first-order valence-electron chi connectivity index (χ1n) is 7.32. The van der Waals surface area contributed by atoms with Crippen molar-refractivity contribution in [3.05, 3.63) is 0 Å². The number of esters is 1. The van der Waals surface area contributed by atoms with E-state index in [2.05, 4.69) is 17.1 Å². The predicted molar refractivity (Wildman–Crippen MR) is 73.0 cm³/mol. The van der Waals surface area contributed by atoms with E-state index in [0.717, 1.165) is 32.5 Å². The molecule has 0 aromatic carbocycles. The third-order valence-corrected chi connectivity index (χ3v) is 3.69. The topological polar surface area (TPSA) is 50.8 Å². The van der Waals surface area contributed by atoms with Crippen molar-refractivity contribution in [3.8, 4) is 0 Å². The zero-order valence-corrected chi connectivity index (χ0v) is 12.3. The van der Waals surface area contributed by atoms with Crippen LogP contribution in [0.15, 0.2) is 0 Å². The lowest BCUT2D eigenvalue weighted by atomic mass is 10.0. The highest BCUT2D eigenvalue weighted by atomic mass is 16.5. The van der Waals surface area contributed by atoms with Crippen LogP contribution in [-0.2, 0) is 14.3 Å². The Morgan fingerprint density at radius 2 is 2.26 bits per heavy atom. The minimum Gasteiger partial charge on any atom is -0.465 e. The van der Waals surface area contributed by atoms with E-state index in [9.17, 15) is 4.79 Å². The fourth-order valence-corrected chi connectivity index (χ4v) is 2.62. The van der Waals surface area contributed by atoms with E-state index >= 15 is 0 Å². The van der Waals surface area contributed by atoms with E-state index in [0.29, 0.717) is 19.2 Å². The maximum Gasteiger partial charge on any atom is 0.327 e. The Bertz CT molecular complexity index is 320. The Morgan fingerprint density at radius 1 is 1.53 bits per heavy atom. The number of carbonyl (C=O) groups excluding carboxylic acids is 1. The summed E-state index contributed by atoms with van der Waals surface area (Å²) in [7, 11) is 0. The minimum atomic E-state index is -0.603. The highest BCUT2D eigenvalue weighted by molar-refractivity contribution is 5.80. The molecule has 0 aromatic heterocycles. The summed E-state index contributed by atoms with van der Waals surface area (Å²) in [6.45, 7) is 9.50. The highest BCUT2D eigenvalue weighted by Crippen LogP contribution is 2.24. The second kappa shape index (κ2) is 6.20. The summed E-state index contributed by atoms with van der Waals surface area (Å²) in [6, 6.07) is 0.480. The summed E-state index contributed by atoms with van der Waals surface area (Å²) in [5.74, 6) is -0.138. The molecule has 1 saturated carbocycles. The molecule has 1 aliphatic heterocycles. The molecule has 5 nitrogen and oxygen atoms in total. The van der Waals surface area contributed by atoms with Gasteiger partial charge in [0.2, 0.25) is 0 Å². The molecular weight excluding hydrogens is 244 g/mol. The first-order chi connectivity index (χ1) is 9.03. The van der Waals surface area contributed by atoms with E-state index in [4.69, 9.17) is 9.47 Å². The average molecular weight is 270 g/mol. The summed E-state index contributed by atoms with van der Waals surface area (Å²) in [5, 5.41) is 3.46. The predicted octanol–water partition coefficient (Wildman–Crippen LogP) is 0.781. The molecule has 1 aliphatic carbocycles. The van der Waals surface area contributed by atoms with Crippen LogP contribution in [-0.4, -0.2) is 61.4 Å². The van der Waals surface area contributed by atoms with Crippen molar-refractivity contribution < 1.29 is 14.3 Å². The lowest BCUT2D eigenvalue weighted by Gasteiger charge is -2.38. The fourth-order valence-electron chi connectivity index (χ4n) is 2.62. The lowest BCUT2D eigenvalue weighted by Crippen LogP contribution is -2.60. The van der Waals surface area contributed by atoms with Gasteiger partial charge in [0.05, 0.1) is 19.3 Å². The first-order valence-corrected chi connectivity index (χ1v) is 7.32. The molecule has 2 atom stereocenters. The fraction of sp³-hybridized carbons (Fsp3) is 0.929. The molecule has 2 unspecified atom stereocenters. The molecule has 0 spiro atoms. The van der Waals surface area contributed by atoms with E-state index in [1.165, 1.54) is 0 Å². The van der Waals surface area contributed by atoms with Crippen LogP contribution >= 0.6 is 0 Å². The third-order valence-electron chi connectivity index (χ3n) is 3.69. The Balaban J connectivity index is 1.97. The molecule has 0 bridgehead atoms. The Kier molecular flexibility index (Phi) is 4.81. The Hall–Kier alpha value is -0.650. The monoisotopic (exact) mass is 270 g/mol. The summed E-state index contributed by atoms with van der Waals surface area (Å²) in [5.41, 5.74) is -0.603. The lowest BCUT2D eigenvalue weighted by molar-refractivity contribution is -0.152. The van der Waals surface area contributed by atoms with Crippen molar-refractivity contribution >= 4 is 5.97 Å². The van der Waals surface area contributed by atoms with Gasteiger partial charge in [-0.2, -0.15) is 0 Å². The third kappa shape index (κ3) is 4.16. The Labute approximate surface area is 115 Å². The molecule has 2 rings (SSSR count). The van der Waals surface area contributed by atoms with E-state index in [-0.39, 0.29) is 12.1 Å². The van der Waals surface area contributed by atoms with Crippen molar-refractivity contribution in [2.45, 2.75) is 51.3 Å². The minimum absolute atomic E-state index is 0.138. The molecule has 2 fully saturated rings. The number of nitrogens with zero attached hydrogens (tertiary/aromatic N) is 1. The number of nitrogens with one attached hydrogen (secondary N) is 1. The van der Waals surface area contributed by atoms with E-state index < -0.39 is 5.54 Å². The number of morpholine rings is 1. The summed E-state index contributed by atoms with van der Waals surface area (Å²) in [4.78, 5) is 14.5. The number of hydrogen-bond acceptors (Lipinski definition) is 5. The molecule has 5 heteroatoms. The van der Waals surface area contributed by atoms with Gasteiger partial charge in [-0.1, -0.05) is 0 Å². The second-order valence-electron chi connectivity index (χ2n) is 5.89. The number of rotatable bonds is 6. The van der Waals surface area contributed by atoms with Crippen molar-refractivity contribution in [2.75, 3.05) is 32.8 Å². The molecular formula is C14H26N2O3. The largest absolute Gasteiger partial charge is 0.465 e. The van der Waals surface area contributed by atoms with Gasteiger partial charge in [0, 0.05) is 25.7 Å². The first kappa shape index (κ1) is 14.8. The smallest absolute Gasteiger partial charge is 0.327 e. The van der Waals surface area contributed by atoms with Crippen LogP contribution in [0.3, 0.4) is 0 Å². The van der Waals surface area contributed by atoms with Crippen LogP contribution in [0.4, 0.5) is 0 Å². The summed E-state index contributed by atoms with van der Waals surface area (Å²) in [6.07, 6.45) is 2.56. The van der Waals surface area contributed by atoms with Crippen molar-refractivity contribution in [1.29, 1.82) is 0 Å². The molecule has 1 N–H and O–H groups in total. The van der Waals surface area contributed by atoms with Crippen LogP contribution < -0.4 is 5.32 Å². The van der Waals surface area contributed by atoms with Crippen LogP contribution in [0.25, 0.3) is 0 Å². The van der Waals surface area contributed by atoms with Gasteiger partial charge in [0.25, 0.3) is 0 Å². The molecule has 110 valence electrons. The molecule has 0 radical (unpaired) electrons. The van der Waals surface area contributed by atoms with E-state index in [1.807, 2.05) is 13.8 Å². The SMILES string of the molecule is CCOC(=O)C(C)(CN1CCOC(C)C1)NC1CC1. The zero-order valence-electron chi connectivity index (χ0n) is 12.3. The average Bonchev–Trinajstić information content (AvgIpc) is 3.13. The molecule has 1 saturated heterocycles. The molecule has 2 aliphatic rings. The number of hydrogen-bond donors (Lipinski definition) is 1. The van der Waals surface area contributed by atoms with Gasteiger partial charge in [-0.15, -0.1) is 0 Å². The van der Waals surface area contributed by atoms with Gasteiger partial charge < -0.3 is 9.47 Å². The summed E-state index contributed by atoms with van der Waals surface area (Å²) >= 11 is 0. The van der Waals surface area contributed by atoms with Crippen molar-refractivity contribution in [3.63, 3.8) is 0 Å². The summed E-state index contributed by atoms with van der Waals surface area (Å²) < 4.78 is 10.8. The maximum atomic E-state index is 12.2. The number of ether oxygens (including phenoxy) is 2. The second-order valence-corrected chi connectivity index (χ2v) is 5.89. The van der Waals surface area contributed by atoms with E-state index in [1.54, 1.807) is 0 Å². The maximum absolute atomic E-state index is 12.2. The quantitative estimate of drug-likeness (QED) is 0.723. The molecule has 0 aromatic rings. The normalized spacial score (nSPS) is 27.8.